The van der Waals surface area contributed by atoms with Gasteiger partial charge in [-0.3, -0.25) is 14.6 Å². The molecule has 0 saturated carbocycles. The van der Waals surface area contributed by atoms with E-state index in [-0.39, 0.29) is 12.1 Å². The molecule has 1 amide bonds. The number of halogens is 3. The van der Waals surface area contributed by atoms with Crippen LogP contribution in [0.1, 0.15) is 18.2 Å². The van der Waals surface area contributed by atoms with Gasteiger partial charge in [0.25, 0.3) is 5.91 Å². The second-order valence-electron chi connectivity index (χ2n) is 5.68. The number of carbonyl (C=O) groups excluding carboxylic acids is 2. The summed E-state index contributed by atoms with van der Waals surface area (Å²) in [4.78, 5) is 28.0. The molecule has 2 rings (SSSR count). The first-order valence-corrected chi connectivity index (χ1v) is 7.90. The summed E-state index contributed by atoms with van der Waals surface area (Å²) >= 11 is 0. The number of hydrogen-bond donors (Lipinski definition) is 1. The average molecular weight is 382 g/mol. The van der Waals surface area contributed by atoms with Crippen molar-refractivity contribution in [3.8, 4) is 5.75 Å². The summed E-state index contributed by atoms with van der Waals surface area (Å²) in [5.41, 5.74) is 1.70. The number of rotatable bonds is 6. The minimum atomic E-state index is -4.79. The van der Waals surface area contributed by atoms with E-state index in [1.54, 1.807) is 18.3 Å². The summed E-state index contributed by atoms with van der Waals surface area (Å²) < 4.78 is 45.1. The number of esters is 1. The van der Waals surface area contributed by atoms with Gasteiger partial charge in [-0.25, -0.2) is 0 Å². The number of carbonyl (C=O) groups is 2. The predicted molar refractivity (Wildman–Crippen MR) is 90.0 cm³/mol. The third kappa shape index (κ3) is 6.96. The van der Waals surface area contributed by atoms with Crippen molar-refractivity contribution in [3.63, 3.8) is 0 Å². The van der Waals surface area contributed by atoms with Crippen molar-refractivity contribution in [1.29, 1.82) is 0 Å². The molecule has 0 aliphatic rings. The maximum atomic E-state index is 12.1. The topological polar surface area (TPSA) is 77.5 Å². The van der Waals surface area contributed by atoms with Crippen molar-refractivity contribution in [2.24, 2.45) is 0 Å². The van der Waals surface area contributed by atoms with Gasteiger partial charge >= 0.3 is 12.3 Å². The number of aromatic nitrogens is 1. The number of pyridine rings is 1. The van der Waals surface area contributed by atoms with Crippen molar-refractivity contribution < 1.29 is 32.2 Å². The predicted octanol–water partition coefficient (Wildman–Crippen LogP) is 3.40. The SMILES string of the molecule is Cc1ccc(CC(=O)OC(C)C(=O)Nc2ccc(OC(F)(F)F)cc2)cn1. The highest BCUT2D eigenvalue weighted by atomic mass is 19.4. The second-order valence-corrected chi connectivity index (χ2v) is 5.68. The number of nitrogens with zero attached hydrogens (tertiary/aromatic N) is 1. The van der Waals surface area contributed by atoms with Crippen LogP contribution in [0.3, 0.4) is 0 Å². The van der Waals surface area contributed by atoms with E-state index in [2.05, 4.69) is 15.0 Å². The molecule has 0 bridgehead atoms. The smallest absolute Gasteiger partial charge is 0.452 e. The zero-order chi connectivity index (χ0) is 20.0. The van der Waals surface area contributed by atoms with E-state index in [1.807, 2.05) is 6.92 Å². The minimum absolute atomic E-state index is 0.0334. The van der Waals surface area contributed by atoms with Crippen LogP contribution in [0.25, 0.3) is 0 Å². The molecule has 0 aliphatic heterocycles. The van der Waals surface area contributed by atoms with Crippen molar-refractivity contribution in [3.05, 3.63) is 53.9 Å². The standard InChI is InChI=1S/C18H17F3N2O4/c1-11-3-4-13(10-22-11)9-16(24)26-12(2)17(25)23-14-5-7-15(8-6-14)27-18(19,20)21/h3-8,10,12H,9H2,1-2H3,(H,23,25). The quantitative estimate of drug-likeness (QED) is 0.775. The number of hydrogen-bond acceptors (Lipinski definition) is 5. The van der Waals surface area contributed by atoms with Gasteiger partial charge in [0.05, 0.1) is 6.42 Å². The highest BCUT2D eigenvalue weighted by Crippen LogP contribution is 2.24. The van der Waals surface area contributed by atoms with Gasteiger partial charge in [-0.1, -0.05) is 6.07 Å². The number of ether oxygens (including phenoxy) is 2. The van der Waals surface area contributed by atoms with Gasteiger partial charge in [-0.2, -0.15) is 0 Å². The lowest BCUT2D eigenvalue weighted by Gasteiger charge is -2.14. The van der Waals surface area contributed by atoms with E-state index in [0.717, 1.165) is 17.8 Å². The fraction of sp³-hybridized carbons (Fsp3) is 0.278. The maximum absolute atomic E-state index is 12.1. The molecule has 1 aromatic heterocycles. The van der Waals surface area contributed by atoms with Crippen molar-refractivity contribution >= 4 is 17.6 Å². The second kappa shape index (κ2) is 8.52. The van der Waals surface area contributed by atoms with Crippen molar-refractivity contribution in [1.82, 2.24) is 4.98 Å². The fourth-order valence-corrected chi connectivity index (χ4v) is 2.05. The summed E-state index contributed by atoms with van der Waals surface area (Å²) in [6, 6.07) is 8.09. The molecule has 0 spiro atoms. The average Bonchev–Trinajstić information content (AvgIpc) is 2.57. The lowest BCUT2D eigenvalue weighted by molar-refractivity contribution is -0.274. The molecule has 1 aromatic carbocycles. The Morgan fingerprint density at radius 2 is 1.81 bits per heavy atom. The number of anilines is 1. The van der Waals surface area contributed by atoms with Crippen molar-refractivity contribution in [2.45, 2.75) is 32.7 Å². The Labute approximate surface area is 153 Å². The zero-order valence-corrected chi connectivity index (χ0v) is 14.5. The molecule has 1 unspecified atom stereocenters. The fourth-order valence-electron chi connectivity index (χ4n) is 2.05. The molecule has 1 N–H and O–H groups in total. The molecule has 9 heteroatoms. The van der Waals surface area contributed by atoms with E-state index in [0.29, 0.717) is 5.56 Å². The monoisotopic (exact) mass is 382 g/mol. The molecular weight excluding hydrogens is 365 g/mol. The molecule has 0 saturated heterocycles. The molecule has 2 aromatic rings. The van der Waals surface area contributed by atoms with Gasteiger partial charge in [-0.15, -0.1) is 13.2 Å². The van der Waals surface area contributed by atoms with Crippen LogP contribution in [0.15, 0.2) is 42.6 Å². The van der Waals surface area contributed by atoms with Crippen LogP contribution in [-0.4, -0.2) is 29.3 Å². The lowest BCUT2D eigenvalue weighted by Crippen LogP contribution is -2.30. The van der Waals surface area contributed by atoms with Crippen LogP contribution in [0.2, 0.25) is 0 Å². The molecule has 0 fully saturated rings. The minimum Gasteiger partial charge on any atom is -0.452 e. The van der Waals surface area contributed by atoms with E-state index < -0.39 is 30.1 Å². The van der Waals surface area contributed by atoms with E-state index in [4.69, 9.17) is 4.74 Å². The highest BCUT2D eigenvalue weighted by Gasteiger charge is 2.31. The lowest BCUT2D eigenvalue weighted by atomic mass is 10.2. The van der Waals surface area contributed by atoms with Gasteiger partial charge in [-0.05, 0) is 49.7 Å². The molecule has 1 heterocycles. The Bertz CT molecular complexity index is 790. The summed E-state index contributed by atoms with van der Waals surface area (Å²) in [7, 11) is 0. The molecule has 27 heavy (non-hydrogen) atoms. The summed E-state index contributed by atoms with van der Waals surface area (Å²) in [6.45, 7) is 3.21. The Morgan fingerprint density at radius 1 is 1.15 bits per heavy atom. The normalized spacial score (nSPS) is 12.2. The first-order chi connectivity index (χ1) is 12.6. The highest BCUT2D eigenvalue weighted by molar-refractivity contribution is 5.95. The molecule has 6 nitrogen and oxygen atoms in total. The number of aryl methyl sites for hydroxylation is 1. The third-order valence-electron chi connectivity index (χ3n) is 3.35. The Balaban J connectivity index is 1.85. The van der Waals surface area contributed by atoms with Crippen LogP contribution in [0.4, 0.5) is 18.9 Å². The van der Waals surface area contributed by atoms with Crippen LogP contribution < -0.4 is 10.1 Å². The van der Waals surface area contributed by atoms with Crippen molar-refractivity contribution in [2.75, 3.05) is 5.32 Å². The van der Waals surface area contributed by atoms with E-state index in [1.165, 1.54) is 19.1 Å². The first-order valence-electron chi connectivity index (χ1n) is 7.90. The van der Waals surface area contributed by atoms with Crippen LogP contribution in [0.5, 0.6) is 5.75 Å². The molecule has 144 valence electrons. The van der Waals surface area contributed by atoms with Gasteiger partial charge in [0.2, 0.25) is 0 Å². The van der Waals surface area contributed by atoms with Gasteiger partial charge < -0.3 is 14.8 Å². The summed E-state index contributed by atoms with van der Waals surface area (Å²) in [5, 5.41) is 2.44. The summed E-state index contributed by atoms with van der Waals surface area (Å²) in [5.74, 6) is -1.63. The molecular formula is C18H17F3N2O4. The van der Waals surface area contributed by atoms with Crippen LogP contribution >= 0.6 is 0 Å². The molecule has 1 atom stereocenters. The third-order valence-corrected chi connectivity index (χ3v) is 3.35. The zero-order valence-electron chi connectivity index (χ0n) is 14.5. The van der Waals surface area contributed by atoms with Crippen LogP contribution in [0, 0.1) is 6.92 Å². The Hall–Kier alpha value is -3.10. The Morgan fingerprint density at radius 3 is 2.37 bits per heavy atom. The molecule has 0 radical (unpaired) electrons. The molecule has 0 aliphatic carbocycles. The number of amides is 1. The maximum Gasteiger partial charge on any atom is 0.573 e. The van der Waals surface area contributed by atoms with Gasteiger partial charge in [0.15, 0.2) is 6.10 Å². The van der Waals surface area contributed by atoms with Gasteiger partial charge in [0.1, 0.15) is 5.75 Å². The number of alkyl halides is 3. The summed E-state index contributed by atoms with van der Waals surface area (Å²) in [6.07, 6.45) is -4.36. The van der Waals surface area contributed by atoms with E-state index in [9.17, 15) is 22.8 Å². The van der Waals surface area contributed by atoms with E-state index >= 15 is 0 Å². The van der Waals surface area contributed by atoms with Crippen LogP contribution in [-0.2, 0) is 20.7 Å². The number of benzene rings is 1. The largest absolute Gasteiger partial charge is 0.573 e. The van der Waals surface area contributed by atoms with Gasteiger partial charge in [0, 0.05) is 17.6 Å². The Kier molecular flexibility index (Phi) is 6.38. The number of nitrogens with one attached hydrogen (secondary N) is 1. The first kappa shape index (κ1) is 20.2.